The van der Waals surface area contributed by atoms with E-state index in [0.717, 1.165) is 0 Å². The lowest BCUT2D eigenvalue weighted by molar-refractivity contribution is -0.0736. The Hall–Kier alpha value is -0.620. The van der Waals surface area contributed by atoms with Crippen LogP contribution in [0.15, 0.2) is 12.7 Å². The van der Waals surface area contributed by atoms with Crippen LogP contribution in [0, 0.1) is 5.41 Å². The van der Waals surface area contributed by atoms with E-state index in [1.165, 1.54) is 0 Å². The Morgan fingerprint density at radius 1 is 0.586 bits per heavy atom. The zero-order chi connectivity index (χ0) is 21.5. The van der Waals surface area contributed by atoms with Gasteiger partial charge in [0.25, 0.3) is 0 Å². The normalized spacial score (nSPS) is 11.8. The topological polar surface area (TPSA) is 117 Å². The van der Waals surface area contributed by atoms with Crippen LogP contribution in [-0.4, -0.2) is 106 Å². The van der Waals surface area contributed by atoms with E-state index in [1.54, 1.807) is 6.08 Å². The maximum Gasteiger partial charge on any atom is 0.0701 e. The Morgan fingerprint density at radius 2 is 0.931 bits per heavy atom. The van der Waals surface area contributed by atoms with Gasteiger partial charge in [-0.1, -0.05) is 13.0 Å². The van der Waals surface area contributed by atoms with Crippen molar-refractivity contribution in [2.24, 2.45) is 16.9 Å². The zero-order valence-corrected chi connectivity index (χ0v) is 18.1. The van der Waals surface area contributed by atoms with E-state index in [2.05, 4.69) is 13.5 Å². The Morgan fingerprint density at radius 3 is 1.31 bits per heavy atom. The molecule has 0 spiro atoms. The fourth-order valence-electron chi connectivity index (χ4n) is 2.20. The van der Waals surface area contributed by atoms with Gasteiger partial charge in [-0.25, -0.2) is 0 Å². The van der Waals surface area contributed by atoms with Gasteiger partial charge < -0.3 is 44.6 Å². The average molecular weight is 423 g/mol. The molecule has 9 heteroatoms. The van der Waals surface area contributed by atoms with Crippen LogP contribution in [0.4, 0.5) is 0 Å². The standard InChI is InChI=1S/C20H42N2O7/c1-3-6-27-17-20(2,18-28-15-13-25-11-9-23-7-4-21)19-29-16-14-26-12-10-24-8-5-22/h3H,1,4-19,21-22H2,2H3. The average Bonchev–Trinajstić information content (AvgIpc) is 2.72. The summed E-state index contributed by atoms with van der Waals surface area (Å²) in [7, 11) is 0. The summed E-state index contributed by atoms with van der Waals surface area (Å²) in [6.07, 6.45) is 1.73. The molecule has 0 aliphatic carbocycles. The molecule has 0 aromatic heterocycles. The van der Waals surface area contributed by atoms with Gasteiger partial charge in [-0.15, -0.1) is 6.58 Å². The molecular weight excluding hydrogens is 380 g/mol. The smallest absolute Gasteiger partial charge is 0.0701 e. The lowest BCUT2D eigenvalue weighted by Crippen LogP contribution is -2.35. The largest absolute Gasteiger partial charge is 0.378 e. The highest BCUT2D eigenvalue weighted by Crippen LogP contribution is 2.18. The third kappa shape index (κ3) is 20.4. The van der Waals surface area contributed by atoms with Gasteiger partial charge in [-0.2, -0.15) is 0 Å². The second-order valence-corrected chi connectivity index (χ2v) is 6.75. The molecule has 0 aliphatic rings. The van der Waals surface area contributed by atoms with Crippen LogP contribution < -0.4 is 11.5 Å². The quantitative estimate of drug-likeness (QED) is 0.166. The Bertz CT molecular complexity index is 327. The summed E-state index contributed by atoms with van der Waals surface area (Å²) in [4.78, 5) is 0. The van der Waals surface area contributed by atoms with E-state index in [-0.39, 0.29) is 5.41 Å². The SMILES string of the molecule is C=CCOCC(C)(COCCOCCOCCN)COCCOCCOCCN. The molecule has 0 amide bonds. The zero-order valence-electron chi connectivity index (χ0n) is 18.1. The van der Waals surface area contributed by atoms with Crippen LogP contribution >= 0.6 is 0 Å². The first-order chi connectivity index (χ1) is 14.2. The highest BCUT2D eigenvalue weighted by atomic mass is 16.6. The fourth-order valence-corrected chi connectivity index (χ4v) is 2.20. The van der Waals surface area contributed by atoms with Crippen molar-refractivity contribution in [3.8, 4) is 0 Å². The molecule has 0 aromatic rings. The number of ether oxygens (including phenoxy) is 7. The van der Waals surface area contributed by atoms with Gasteiger partial charge in [0.1, 0.15) is 0 Å². The molecule has 0 aliphatic heterocycles. The molecule has 4 N–H and O–H groups in total. The maximum absolute atomic E-state index is 5.76. The van der Waals surface area contributed by atoms with Gasteiger partial charge in [0.05, 0.1) is 92.5 Å². The Kier molecular flexibility index (Phi) is 21.6. The summed E-state index contributed by atoms with van der Waals surface area (Å²) < 4.78 is 38.5. The van der Waals surface area contributed by atoms with Crippen molar-refractivity contribution < 1.29 is 33.2 Å². The van der Waals surface area contributed by atoms with Crippen molar-refractivity contribution in [2.75, 3.05) is 106 Å². The molecule has 9 nitrogen and oxygen atoms in total. The summed E-state index contributed by atoms with van der Waals surface area (Å²) in [5.41, 5.74) is 10.4. The lowest BCUT2D eigenvalue weighted by Gasteiger charge is -2.29. The van der Waals surface area contributed by atoms with Crippen molar-refractivity contribution in [2.45, 2.75) is 6.92 Å². The predicted molar refractivity (Wildman–Crippen MR) is 112 cm³/mol. The van der Waals surface area contributed by atoms with E-state index in [4.69, 9.17) is 44.6 Å². The van der Waals surface area contributed by atoms with Crippen molar-refractivity contribution >= 4 is 0 Å². The van der Waals surface area contributed by atoms with E-state index in [0.29, 0.717) is 106 Å². The monoisotopic (exact) mass is 422 g/mol. The first-order valence-corrected chi connectivity index (χ1v) is 10.2. The van der Waals surface area contributed by atoms with Crippen LogP contribution in [0.5, 0.6) is 0 Å². The molecule has 0 heterocycles. The summed E-state index contributed by atoms with van der Waals surface area (Å²) in [6.45, 7) is 14.1. The van der Waals surface area contributed by atoms with Crippen LogP contribution in [0.25, 0.3) is 0 Å². The van der Waals surface area contributed by atoms with Crippen molar-refractivity contribution in [1.82, 2.24) is 0 Å². The summed E-state index contributed by atoms with van der Waals surface area (Å²) in [6, 6.07) is 0. The minimum atomic E-state index is -0.266. The molecular formula is C20H42N2O7. The summed E-state index contributed by atoms with van der Waals surface area (Å²) >= 11 is 0. The van der Waals surface area contributed by atoms with Crippen LogP contribution in [0.2, 0.25) is 0 Å². The molecule has 174 valence electrons. The van der Waals surface area contributed by atoms with Gasteiger partial charge in [0.15, 0.2) is 0 Å². The number of nitrogens with two attached hydrogens (primary N) is 2. The minimum absolute atomic E-state index is 0.266. The Labute approximate surface area is 175 Å². The molecule has 0 aromatic carbocycles. The van der Waals surface area contributed by atoms with Gasteiger partial charge in [-0.05, 0) is 0 Å². The number of rotatable bonds is 24. The molecule has 0 unspecified atom stereocenters. The first kappa shape index (κ1) is 28.4. The minimum Gasteiger partial charge on any atom is -0.378 e. The van der Waals surface area contributed by atoms with Crippen molar-refractivity contribution in [3.63, 3.8) is 0 Å². The van der Waals surface area contributed by atoms with Crippen molar-refractivity contribution in [3.05, 3.63) is 12.7 Å². The highest BCUT2D eigenvalue weighted by molar-refractivity contribution is 4.75. The molecule has 0 saturated carbocycles. The van der Waals surface area contributed by atoms with Crippen LogP contribution in [0.3, 0.4) is 0 Å². The molecule has 0 bridgehead atoms. The van der Waals surface area contributed by atoms with Gasteiger partial charge in [0.2, 0.25) is 0 Å². The van der Waals surface area contributed by atoms with Crippen LogP contribution in [0.1, 0.15) is 6.92 Å². The number of hydrogen-bond donors (Lipinski definition) is 2. The predicted octanol–water partition coefficient (Wildman–Crippen LogP) is 0.212. The summed E-state index contributed by atoms with van der Waals surface area (Å²) in [5, 5.41) is 0. The maximum atomic E-state index is 5.76. The first-order valence-electron chi connectivity index (χ1n) is 10.2. The van der Waals surface area contributed by atoms with E-state index in [1.807, 2.05) is 0 Å². The highest BCUT2D eigenvalue weighted by Gasteiger charge is 2.25. The molecule has 0 saturated heterocycles. The van der Waals surface area contributed by atoms with Gasteiger partial charge in [-0.3, -0.25) is 0 Å². The molecule has 0 atom stereocenters. The lowest BCUT2D eigenvalue weighted by atomic mass is 9.94. The second-order valence-electron chi connectivity index (χ2n) is 6.75. The third-order valence-electron chi connectivity index (χ3n) is 3.60. The molecule has 0 rings (SSSR count). The van der Waals surface area contributed by atoms with E-state index < -0.39 is 0 Å². The molecule has 29 heavy (non-hydrogen) atoms. The van der Waals surface area contributed by atoms with Gasteiger partial charge in [0, 0.05) is 18.5 Å². The summed E-state index contributed by atoms with van der Waals surface area (Å²) in [5.74, 6) is 0. The third-order valence-corrected chi connectivity index (χ3v) is 3.60. The van der Waals surface area contributed by atoms with E-state index >= 15 is 0 Å². The van der Waals surface area contributed by atoms with Crippen LogP contribution in [-0.2, 0) is 33.2 Å². The molecule has 0 radical (unpaired) electrons. The van der Waals surface area contributed by atoms with E-state index in [9.17, 15) is 0 Å². The number of hydrogen-bond acceptors (Lipinski definition) is 9. The molecule has 0 fully saturated rings. The fraction of sp³-hybridized carbons (Fsp3) is 0.900. The van der Waals surface area contributed by atoms with Gasteiger partial charge >= 0.3 is 0 Å². The second kappa shape index (κ2) is 22.1. The van der Waals surface area contributed by atoms with Crippen molar-refractivity contribution in [1.29, 1.82) is 0 Å². The Balaban J connectivity index is 3.85.